The van der Waals surface area contributed by atoms with Crippen LogP contribution in [0.5, 0.6) is 0 Å². The van der Waals surface area contributed by atoms with Crippen molar-refractivity contribution >= 4 is 23.6 Å². The third kappa shape index (κ3) is 3.37. The van der Waals surface area contributed by atoms with E-state index in [2.05, 4.69) is 0 Å². The number of amides is 2. The molecule has 0 aromatic rings. The van der Waals surface area contributed by atoms with Crippen molar-refractivity contribution in [2.24, 2.45) is 11.8 Å². The van der Waals surface area contributed by atoms with E-state index >= 15 is 0 Å². The predicted molar refractivity (Wildman–Crippen MR) is 81.7 cm³/mol. The molecule has 6 heteroatoms. The molecule has 21 heavy (non-hydrogen) atoms. The zero-order chi connectivity index (χ0) is 14.8. The predicted octanol–water partition coefficient (Wildman–Crippen LogP) is 0.919. The third-order valence-corrected chi connectivity index (χ3v) is 6.08. The summed E-state index contributed by atoms with van der Waals surface area (Å²) in [5, 5.41) is 10.2. The van der Waals surface area contributed by atoms with Crippen LogP contribution < -0.4 is 0 Å². The second-order valence-electron chi connectivity index (χ2n) is 6.47. The quantitative estimate of drug-likeness (QED) is 0.842. The molecule has 3 fully saturated rings. The van der Waals surface area contributed by atoms with Gasteiger partial charge in [0, 0.05) is 19.0 Å². The third-order valence-electron chi connectivity index (χ3n) is 5.13. The Morgan fingerprint density at radius 3 is 2.71 bits per heavy atom. The van der Waals surface area contributed by atoms with Crippen LogP contribution in [0, 0.1) is 11.8 Å². The molecule has 0 radical (unpaired) electrons. The zero-order valence-corrected chi connectivity index (χ0v) is 13.2. The number of carbonyl (C=O) groups is 2. The lowest BCUT2D eigenvalue weighted by atomic mass is 9.82. The average molecular weight is 312 g/mol. The van der Waals surface area contributed by atoms with E-state index in [1.807, 2.05) is 4.90 Å². The summed E-state index contributed by atoms with van der Waals surface area (Å²) in [4.78, 5) is 27.5. The Labute approximate surface area is 130 Å². The molecule has 2 amide bonds. The van der Waals surface area contributed by atoms with Crippen molar-refractivity contribution in [2.75, 3.05) is 31.3 Å². The highest BCUT2D eigenvalue weighted by Crippen LogP contribution is 2.36. The highest BCUT2D eigenvalue weighted by molar-refractivity contribution is 8.00. The van der Waals surface area contributed by atoms with Crippen LogP contribution in [0.4, 0.5) is 0 Å². The largest absolute Gasteiger partial charge is 0.393 e. The molecule has 3 rings (SSSR count). The smallest absolute Gasteiger partial charge is 0.242 e. The molecule has 0 aromatic heterocycles. The van der Waals surface area contributed by atoms with Crippen molar-refractivity contribution in [2.45, 2.75) is 38.2 Å². The first-order chi connectivity index (χ1) is 10.1. The van der Waals surface area contributed by atoms with Gasteiger partial charge in [-0.2, -0.15) is 0 Å². The number of likely N-dealkylation sites (tertiary alicyclic amines) is 1. The minimum absolute atomic E-state index is 0.0424. The summed E-state index contributed by atoms with van der Waals surface area (Å²) in [5.41, 5.74) is 0. The van der Waals surface area contributed by atoms with Crippen molar-refractivity contribution in [3.63, 3.8) is 0 Å². The number of thioether (sulfide) groups is 1. The molecular formula is C15H24N2O3S. The first kappa shape index (κ1) is 15.2. The molecule has 0 spiro atoms. The summed E-state index contributed by atoms with van der Waals surface area (Å²) in [6, 6.07) is 0. The molecule has 1 aliphatic carbocycles. The lowest BCUT2D eigenvalue weighted by Crippen LogP contribution is -2.50. The Morgan fingerprint density at radius 1 is 1.29 bits per heavy atom. The van der Waals surface area contributed by atoms with Gasteiger partial charge in [0.2, 0.25) is 11.8 Å². The minimum atomic E-state index is -0.263. The summed E-state index contributed by atoms with van der Waals surface area (Å²) in [5.74, 6) is 2.04. The van der Waals surface area contributed by atoms with Gasteiger partial charge >= 0.3 is 0 Å². The van der Waals surface area contributed by atoms with Gasteiger partial charge in [-0.1, -0.05) is 25.7 Å². The van der Waals surface area contributed by atoms with Gasteiger partial charge in [-0.25, -0.2) is 0 Å². The number of rotatable bonds is 3. The highest BCUT2D eigenvalue weighted by atomic mass is 32.2. The summed E-state index contributed by atoms with van der Waals surface area (Å²) < 4.78 is 0. The Hall–Kier alpha value is -0.750. The van der Waals surface area contributed by atoms with Crippen LogP contribution in [0.3, 0.4) is 0 Å². The number of piperidine rings is 1. The van der Waals surface area contributed by atoms with E-state index in [0.717, 1.165) is 0 Å². The molecule has 2 saturated heterocycles. The van der Waals surface area contributed by atoms with Gasteiger partial charge in [-0.3, -0.25) is 9.59 Å². The second-order valence-corrected chi connectivity index (χ2v) is 7.43. The maximum atomic E-state index is 12.4. The lowest BCUT2D eigenvalue weighted by Gasteiger charge is -2.39. The maximum Gasteiger partial charge on any atom is 0.242 e. The summed E-state index contributed by atoms with van der Waals surface area (Å²) in [6.45, 7) is 1.50. The lowest BCUT2D eigenvalue weighted by molar-refractivity contribution is -0.141. The van der Waals surface area contributed by atoms with Gasteiger partial charge in [0.1, 0.15) is 6.54 Å². The fraction of sp³-hybridized carbons (Fsp3) is 0.867. The van der Waals surface area contributed by atoms with Crippen LogP contribution in [0.25, 0.3) is 0 Å². The van der Waals surface area contributed by atoms with Crippen molar-refractivity contribution < 1.29 is 14.7 Å². The first-order valence-corrected chi connectivity index (χ1v) is 9.12. The Morgan fingerprint density at radius 2 is 2.05 bits per heavy atom. The van der Waals surface area contributed by atoms with E-state index < -0.39 is 0 Å². The van der Waals surface area contributed by atoms with E-state index in [1.54, 1.807) is 16.7 Å². The van der Waals surface area contributed by atoms with Crippen LogP contribution in [-0.4, -0.2) is 64.1 Å². The molecule has 2 heterocycles. The summed E-state index contributed by atoms with van der Waals surface area (Å²) in [7, 11) is 0. The number of nitrogens with zero attached hydrogens (tertiary/aromatic N) is 2. The molecule has 1 saturated carbocycles. The average Bonchev–Trinajstić information content (AvgIpc) is 3.12. The summed E-state index contributed by atoms with van der Waals surface area (Å²) >= 11 is 1.57. The molecule has 0 bridgehead atoms. The number of hydrogen-bond donors (Lipinski definition) is 1. The van der Waals surface area contributed by atoms with Crippen molar-refractivity contribution in [1.82, 2.24) is 9.80 Å². The van der Waals surface area contributed by atoms with Crippen molar-refractivity contribution in [3.05, 3.63) is 0 Å². The summed E-state index contributed by atoms with van der Waals surface area (Å²) in [6.07, 6.45) is 5.29. The Balaban J connectivity index is 1.57. The first-order valence-electron chi connectivity index (χ1n) is 7.96. The molecule has 0 unspecified atom stereocenters. The topological polar surface area (TPSA) is 60.9 Å². The Kier molecular flexibility index (Phi) is 4.74. The molecule has 0 aromatic carbocycles. The highest BCUT2D eigenvalue weighted by Gasteiger charge is 2.37. The fourth-order valence-corrected chi connectivity index (χ4v) is 4.75. The minimum Gasteiger partial charge on any atom is -0.393 e. The monoisotopic (exact) mass is 312 g/mol. The van der Waals surface area contributed by atoms with Crippen LogP contribution in [0.15, 0.2) is 0 Å². The van der Waals surface area contributed by atoms with Gasteiger partial charge in [-0.05, 0) is 12.3 Å². The van der Waals surface area contributed by atoms with E-state index in [-0.39, 0.29) is 30.4 Å². The van der Waals surface area contributed by atoms with Crippen LogP contribution in [0.1, 0.15) is 32.1 Å². The van der Waals surface area contributed by atoms with Gasteiger partial charge in [0.15, 0.2) is 0 Å². The molecular weight excluding hydrogens is 288 g/mol. The fourth-order valence-electron chi connectivity index (χ4n) is 3.85. The van der Waals surface area contributed by atoms with E-state index in [0.29, 0.717) is 37.1 Å². The SMILES string of the molecule is O=C1CSCN1CC(=O)N1CC[C@@H](O)[C@H](C2CCCC2)C1. The van der Waals surface area contributed by atoms with Crippen LogP contribution in [0.2, 0.25) is 0 Å². The maximum absolute atomic E-state index is 12.4. The van der Waals surface area contributed by atoms with E-state index in [9.17, 15) is 14.7 Å². The van der Waals surface area contributed by atoms with Crippen molar-refractivity contribution in [3.8, 4) is 0 Å². The molecule has 1 N–H and O–H groups in total. The molecule has 3 aliphatic rings. The van der Waals surface area contributed by atoms with Crippen LogP contribution >= 0.6 is 11.8 Å². The molecule has 5 nitrogen and oxygen atoms in total. The molecule has 2 atom stereocenters. The van der Waals surface area contributed by atoms with Crippen LogP contribution in [-0.2, 0) is 9.59 Å². The normalized spacial score (nSPS) is 31.2. The second kappa shape index (κ2) is 6.57. The van der Waals surface area contributed by atoms with Gasteiger partial charge in [-0.15, -0.1) is 11.8 Å². The standard InChI is InChI=1S/C15H24N2O3S/c18-13-5-6-16(7-12(13)11-3-1-2-4-11)14(19)8-17-10-21-9-15(17)20/h11-13,18H,1-10H2/t12-,13+/m0/s1. The zero-order valence-electron chi connectivity index (χ0n) is 12.4. The number of carbonyl (C=O) groups excluding carboxylic acids is 2. The van der Waals surface area contributed by atoms with Gasteiger partial charge in [0.25, 0.3) is 0 Å². The van der Waals surface area contributed by atoms with Gasteiger partial charge in [0.05, 0.1) is 17.7 Å². The van der Waals surface area contributed by atoms with Crippen molar-refractivity contribution in [1.29, 1.82) is 0 Å². The number of aliphatic hydroxyl groups excluding tert-OH is 1. The van der Waals surface area contributed by atoms with E-state index in [4.69, 9.17) is 0 Å². The van der Waals surface area contributed by atoms with Gasteiger partial charge < -0.3 is 14.9 Å². The molecule has 118 valence electrons. The number of aliphatic hydroxyl groups is 1. The van der Waals surface area contributed by atoms with E-state index in [1.165, 1.54) is 25.7 Å². The number of hydrogen-bond acceptors (Lipinski definition) is 4. The molecule has 2 aliphatic heterocycles. The Bertz CT molecular complexity index is 412.